The van der Waals surface area contributed by atoms with Crippen molar-refractivity contribution in [3.8, 4) is 11.5 Å². The van der Waals surface area contributed by atoms with Crippen LogP contribution >= 0.6 is 15.9 Å². The van der Waals surface area contributed by atoms with Gasteiger partial charge in [-0.1, -0.05) is 35.6 Å². The number of nitrogens with zero attached hydrogens (tertiary/aromatic N) is 3. The van der Waals surface area contributed by atoms with Crippen LogP contribution in [0.4, 0.5) is 13.2 Å². The van der Waals surface area contributed by atoms with Crippen molar-refractivity contribution in [3.05, 3.63) is 56.4 Å². The Hall–Kier alpha value is -2.04. The highest BCUT2D eigenvalue weighted by Crippen LogP contribution is 2.31. The maximum atomic E-state index is 13.3. The standard InChI is InChI=1S/C21H23BrF3N3O2Si/c1-13-9-15(22)11-16-18(13)27-19(17-10-14(5-6-26-17)21(23,24)25)28(20(16)29)12-30-7-8-31(2,3)4/h5-6,9-11H,7-8,12H2,1-4H3. The highest BCUT2D eigenvalue weighted by atomic mass is 79.9. The average Bonchev–Trinajstić information content (AvgIpc) is 2.65. The lowest BCUT2D eigenvalue weighted by molar-refractivity contribution is -0.137. The Labute approximate surface area is 187 Å². The zero-order valence-corrected chi connectivity index (χ0v) is 20.3. The topological polar surface area (TPSA) is 57.0 Å². The van der Waals surface area contributed by atoms with Gasteiger partial charge in [0.05, 0.1) is 16.5 Å². The van der Waals surface area contributed by atoms with Gasteiger partial charge in [-0.05, 0) is 42.8 Å². The van der Waals surface area contributed by atoms with Gasteiger partial charge in [0, 0.05) is 25.4 Å². The first-order chi connectivity index (χ1) is 14.4. The summed E-state index contributed by atoms with van der Waals surface area (Å²) in [5.41, 5.74) is -0.144. The number of alkyl halides is 3. The van der Waals surface area contributed by atoms with Crippen molar-refractivity contribution in [1.82, 2.24) is 14.5 Å². The summed E-state index contributed by atoms with van der Waals surface area (Å²) in [5, 5.41) is 0.358. The van der Waals surface area contributed by atoms with Crippen molar-refractivity contribution in [2.45, 2.75) is 45.5 Å². The van der Waals surface area contributed by atoms with E-state index in [0.717, 1.165) is 29.9 Å². The summed E-state index contributed by atoms with van der Waals surface area (Å²) in [5.74, 6) is 0.0435. The monoisotopic (exact) mass is 513 g/mol. The molecule has 0 spiro atoms. The van der Waals surface area contributed by atoms with E-state index in [9.17, 15) is 18.0 Å². The van der Waals surface area contributed by atoms with E-state index in [1.54, 1.807) is 19.1 Å². The molecule has 0 N–H and O–H groups in total. The molecule has 0 bridgehead atoms. The summed E-state index contributed by atoms with van der Waals surface area (Å²) in [7, 11) is -1.35. The second-order valence-electron chi connectivity index (χ2n) is 8.56. The lowest BCUT2D eigenvalue weighted by Crippen LogP contribution is -2.27. The summed E-state index contributed by atoms with van der Waals surface area (Å²) in [4.78, 5) is 21.9. The van der Waals surface area contributed by atoms with E-state index in [1.807, 2.05) is 0 Å². The lowest BCUT2D eigenvalue weighted by Gasteiger charge is -2.18. The Morgan fingerprint density at radius 1 is 1.19 bits per heavy atom. The van der Waals surface area contributed by atoms with Crippen LogP contribution < -0.4 is 5.56 Å². The second-order valence-corrected chi connectivity index (χ2v) is 15.1. The van der Waals surface area contributed by atoms with Crippen molar-refractivity contribution < 1.29 is 17.9 Å². The van der Waals surface area contributed by atoms with Gasteiger partial charge < -0.3 is 4.74 Å². The van der Waals surface area contributed by atoms with Crippen molar-refractivity contribution in [2.24, 2.45) is 0 Å². The van der Waals surface area contributed by atoms with Gasteiger partial charge in [-0.15, -0.1) is 0 Å². The molecule has 0 aliphatic rings. The Kier molecular flexibility index (Phi) is 6.73. The van der Waals surface area contributed by atoms with E-state index < -0.39 is 25.4 Å². The van der Waals surface area contributed by atoms with E-state index in [-0.39, 0.29) is 18.2 Å². The fourth-order valence-electron chi connectivity index (χ4n) is 3.03. The molecule has 31 heavy (non-hydrogen) atoms. The number of rotatable bonds is 6. The predicted molar refractivity (Wildman–Crippen MR) is 121 cm³/mol. The van der Waals surface area contributed by atoms with Crippen LogP contribution in [0.3, 0.4) is 0 Å². The van der Waals surface area contributed by atoms with Crippen molar-refractivity contribution in [1.29, 1.82) is 0 Å². The molecule has 3 rings (SSSR count). The van der Waals surface area contributed by atoms with Crippen molar-refractivity contribution >= 4 is 34.9 Å². The molecule has 0 aliphatic heterocycles. The minimum absolute atomic E-state index is 0.0371. The SMILES string of the molecule is Cc1cc(Br)cc2c(=O)n(COCC[Si](C)(C)C)c(-c3cc(C(F)(F)F)ccn3)nc12. The summed E-state index contributed by atoms with van der Waals surface area (Å²) in [6.45, 7) is 8.74. The largest absolute Gasteiger partial charge is 0.416 e. The number of ether oxygens (including phenoxy) is 1. The molecule has 0 amide bonds. The summed E-state index contributed by atoms with van der Waals surface area (Å²) in [6, 6.07) is 6.14. The first-order valence-electron chi connectivity index (χ1n) is 9.69. The molecule has 0 aliphatic carbocycles. The fourth-order valence-corrected chi connectivity index (χ4v) is 4.36. The van der Waals surface area contributed by atoms with Gasteiger partial charge in [-0.25, -0.2) is 4.98 Å². The third-order valence-electron chi connectivity index (χ3n) is 4.75. The van der Waals surface area contributed by atoms with Crippen molar-refractivity contribution in [3.63, 3.8) is 0 Å². The molecule has 0 fully saturated rings. The van der Waals surface area contributed by atoms with Crippen LogP contribution in [-0.2, 0) is 17.6 Å². The molecule has 0 atom stereocenters. The van der Waals surface area contributed by atoms with Crippen LogP contribution in [0.25, 0.3) is 22.4 Å². The Morgan fingerprint density at radius 2 is 1.90 bits per heavy atom. The smallest absolute Gasteiger partial charge is 0.361 e. The van der Waals surface area contributed by atoms with Gasteiger partial charge in [0.15, 0.2) is 5.82 Å². The zero-order valence-electron chi connectivity index (χ0n) is 17.7. The van der Waals surface area contributed by atoms with Gasteiger partial charge in [0.2, 0.25) is 0 Å². The van der Waals surface area contributed by atoms with Crippen LogP contribution in [0.1, 0.15) is 11.1 Å². The zero-order chi connectivity index (χ0) is 23.0. The molecule has 2 heterocycles. The third kappa shape index (κ3) is 5.61. The van der Waals surface area contributed by atoms with E-state index in [1.165, 1.54) is 4.57 Å². The molecule has 1 aromatic carbocycles. The number of aryl methyl sites for hydroxylation is 1. The quantitative estimate of drug-likeness (QED) is 0.306. The van der Waals surface area contributed by atoms with Gasteiger partial charge in [0.1, 0.15) is 12.4 Å². The second kappa shape index (κ2) is 8.83. The molecule has 0 saturated heterocycles. The molecule has 2 aromatic heterocycles. The normalized spacial score (nSPS) is 12.5. The number of hydrogen-bond donors (Lipinski definition) is 0. The first-order valence-corrected chi connectivity index (χ1v) is 14.2. The molecule has 10 heteroatoms. The predicted octanol–water partition coefficient (Wildman–Crippen LogP) is 5.86. The van der Waals surface area contributed by atoms with Crippen LogP contribution in [0, 0.1) is 6.92 Å². The number of pyridine rings is 1. The van der Waals surface area contributed by atoms with Crippen LogP contribution in [-0.4, -0.2) is 29.2 Å². The molecular weight excluding hydrogens is 491 g/mol. The maximum Gasteiger partial charge on any atom is 0.416 e. The Balaban J connectivity index is 2.15. The van der Waals surface area contributed by atoms with E-state index in [0.29, 0.717) is 22.0 Å². The fraction of sp³-hybridized carbons (Fsp3) is 0.381. The van der Waals surface area contributed by atoms with Crippen LogP contribution in [0.5, 0.6) is 0 Å². The molecular formula is C21H23BrF3N3O2Si. The molecule has 0 unspecified atom stereocenters. The maximum absolute atomic E-state index is 13.3. The number of aromatic nitrogens is 3. The summed E-state index contributed by atoms with van der Waals surface area (Å²) >= 11 is 3.38. The average molecular weight is 514 g/mol. The molecule has 5 nitrogen and oxygen atoms in total. The summed E-state index contributed by atoms with van der Waals surface area (Å²) in [6.07, 6.45) is -3.46. The number of benzene rings is 1. The van der Waals surface area contributed by atoms with E-state index in [2.05, 4.69) is 45.5 Å². The van der Waals surface area contributed by atoms with Gasteiger partial charge >= 0.3 is 6.18 Å². The number of hydrogen-bond acceptors (Lipinski definition) is 4. The minimum atomic E-state index is -4.53. The van der Waals surface area contributed by atoms with E-state index >= 15 is 0 Å². The Morgan fingerprint density at radius 3 is 2.55 bits per heavy atom. The third-order valence-corrected chi connectivity index (χ3v) is 6.91. The number of fused-ring (bicyclic) bond motifs is 1. The molecule has 0 saturated carbocycles. The first kappa shape index (κ1) is 23.6. The molecule has 0 radical (unpaired) electrons. The highest BCUT2D eigenvalue weighted by molar-refractivity contribution is 9.10. The van der Waals surface area contributed by atoms with Crippen LogP contribution in [0.15, 0.2) is 39.7 Å². The highest BCUT2D eigenvalue weighted by Gasteiger charge is 2.31. The van der Waals surface area contributed by atoms with Crippen molar-refractivity contribution in [2.75, 3.05) is 6.61 Å². The summed E-state index contributed by atoms with van der Waals surface area (Å²) < 4.78 is 47.4. The van der Waals surface area contributed by atoms with Gasteiger partial charge in [-0.2, -0.15) is 13.2 Å². The Bertz CT molecular complexity index is 1170. The lowest BCUT2D eigenvalue weighted by atomic mass is 10.1. The number of halogens is 4. The van der Waals surface area contributed by atoms with Crippen LogP contribution in [0.2, 0.25) is 25.7 Å². The van der Waals surface area contributed by atoms with Gasteiger partial charge in [-0.3, -0.25) is 14.3 Å². The molecule has 3 aromatic rings. The van der Waals surface area contributed by atoms with E-state index in [4.69, 9.17) is 4.74 Å². The van der Waals surface area contributed by atoms with Gasteiger partial charge in [0.25, 0.3) is 5.56 Å². The molecule has 166 valence electrons. The minimum Gasteiger partial charge on any atom is -0.361 e.